The van der Waals surface area contributed by atoms with Crippen molar-refractivity contribution in [3.8, 4) is 0 Å². The Labute approximate surface area is 155 Å². The van der Waals surface area contributed by atoms with Gasteiger partial charge in [0.05, 0.1) is 11.9 Å². The summed E-state index contributed by atoms with van der Waals surface area (Å²) in [5.41, 5.74) is 0.485. The van der Waals surface area contributed by atoms with Crippen molar-refractivity contribution in [2.45, 2.75) is 52.3 Å². The second kappa shape index (κ2) is 8.07. The summed E-state index contributed by atoms with van der Waals surface area (Å²) in [5.74, 6) is -1.99. The largest absolute Gasteiger partial charge is 0.452 e. The lowest BCUT2D eigenvalue weighted by Gasteiger charge is -2.21. The number of nitrogens with zero attached hydrogens (tertiary/aromatic N) is 1. The maximum absolute atomic E-state index is 12.0. The number of rotatable bonds is 5. The molecule has 2 rings (SSSR count). The minimum absolute atomic E-state index is 0.0491. The van der Waals surface area contributed by atoms with E-state index in [9.17, 15) is 19.2 Å². The van der Waals surface area contributed by atoms with Crippen molar-refractivity contribution >= 4 is 29.0 Å². The van der Waals surface area contributed by atoms with Gasteiger partial charge in [0.15, 0.2) is 11.7 Å². The number of nitrogens with one attached hydrogen (secondary N) is 2. The summed E-state index contributed by atoms with van der Waals surface area (Å²) in [7, 11) is 0. The van der Waals surface area contributed by atoms with Gasteiger partial charge in [0.25, 0.3) is 5.91 Å². The topological polar surface area (TPSA) is 120 Å². The van der Waals surface area contributed by atoms with Crippen molar-refractivity contribution in [2.75, 3.05) is 0 Å². The number of para-hydroxylation sites is 2. The molecule has 146 valence electrons. The molecule has 0 saturated carbocycles. The zero-order chi connectivity index (χ0) is 20.2. The molecule has 0 aliphatic carbocycles. The predicted octanol–water partition coefficient (Wildman–Crippen LogP) is 1.54. The van der Waals surface area contributed by atoms with Gasteiger partial charge >= 0.3 is 17.8 Å². The number of imide groups is 1. The molecule has 0 spiro atoms. The molecule has 3 amide bonds. The average Bonchev–Trinajstić information content (AvgIpc) is 2.86. The fourth-order valence-corrected chi connectivity index (χ4v) is 2.32. The van der Waals surface area contributed by atoms with Crippen LogP contribution in [-0.2, 0) is 20.9 Å². The molecule has 9 nitrogen and oxygen atoms in total. The lowest BCUT2D eigenvalue weighted by Crippen LogP contribution is -2.50. The molecular weight excluding hydrogens is 354 g/mol. The van der Waals surface area contributed by atoms with Gasteiger partial charge in [-0.25, -0.2) is 9.59 Å². The quantitative estimate of drug-likeness (QED) is 0.763. The molecule has 2 N–H and O–H groups in total. The standard InChI is InChI=1S/C18H23N3O6/c1-11(15(23)19-16(24)20-18(2,3)4)26-14(22)9-10-21-12-7-5-6-8-13(12)27-17(21)25/h5-8,11H,9-10H2,1-4H3,(H2,19,20,23,24)/t11-/m1/s1. The molecule has 27 heavy (non-hydrogen) atoms. The van der Waals surface area contributed by atoms with E-state index in [-0.39, 0.29) is 13.0 Å². The summed E-state index contributed by atoms with van der Waals surface area (Å²) < 4.78 is 11.4. The van der Waals surface area contributed by atoms with E-state index in [4.69, 9.17) is 9.15 Å². The van der Waals surface area contributed by atoms with Gasteiger partial charge in [-0.2, -0.15) is 0 Å². The van der Waals surface area contributed by atoms with Crippen LogP contribution in [0.15, 0.2) is 33.5 Å². The monoisotopic (exact) mass is 377 g/mol. The predicted molar refractivity (Wildman–Crippen MR) is 97.1 cm³/mol. The maximum atomic E-state index is 12.0. The van der Waals surface area contributed by atoms with Crippen LogP contribution in [0.1, 0.15) is 34.1 Å². The average molecular weight is 377 g/mol. The molecule has 0 bridgehead atoms. The fraction of sp³-hybridized carbons (Fsp3) is 0.444. The highest BCUT2D eigenvalue weighted by Gasteiger charge is 2.22. The zero-order valence-corrected chi connectivity index (χ0v) is 15.7. The second-order valence-corrected chi connectivity index (χ2v) is 7.06. The van der Waals surface area contributed by atoms with Crippen LogP contribution in [0.4, 0.5) is 4.79 Å². The molecule has 0 aliphatic heterocycles. The minimum atomic E-state index is -1.15. The van der Waals surface area contributed by atoms with Crippen LogP contribution < -0.4 is 16.4 Å². The Morgan fingerprint density at radius 2 is 1.89 bits per heavy atom. The molecule has 1 aromatic carbocycles. The van der Waals surface area contributed by atoms with Gasteiger partial charge in [-0.3, -0.25) is 19.5 Å². The summed E-state index contributed by atoms with van der Waals surface area (Å²) in [6.45, 7) is 6.70. The summed E-state index contributed by atoms with van der Waals surface area (Å²) in [6.07, 6.45) is -1.28. The third-order valence-electron chi connectivity index (χ3n) is 3.52. The number of hydrogen-bond acceptors (Lipinski definition) is 6. The smallest absolute Gasteiger partial charge is 0.419 e. The Hall–Kier alpha value is -3.10. The van der Waals surface area contributed by atoms with Crippen molar-refractivity contribution in [1.29, 1.82) is 0 Å². The Morgan fingerprint density at radius 1 is 1.22 bits per heavy atom. The van der Waals surface area contributed by atoms with Gasteiger partial charge in [-0.05, 0) is 39.8 Å². The molecule has 2 aromatic rings. The molecule has 0 fully saturated rings. The number of aromatic nitrogens is 1. The first-order valence-corrected chi connectivity index (χ1v) is 8.47. The van der Waals surface area contributed by atoms with E-state index in [0.717, 1.165) is 0 Å². The fourth-order valence-electron chi connectivity index (χ4n) is 2.32. The van der Waals surface area contributed by atoms with E-state index in [1.807, 2.05) is 0 Å². The molecule has 0 aliphatic rings. The van der Waals surface area contributed by atoms with Gasteiger partial charge in [0.2, 0.25) is 0 Å². The van der Waals surface area contributed by atoms with E-state index in [0.29, 0.717) is 11.1 Å². The van der Waals surface area contributed by atoms with Crippen molar-refractivity contribution in [2.24, 2.45) is 0 Å². The highest BCUT2D eigenvalue weighted by molar-refractivity contribution is 5.97. The number of benzene rings is 1. The number of hydrogen-bond donors (Lipinski definition) is 2. The first kappa shape index (κ1) is 20.2. The van der Waals surface area contributed by atoms with Crippen LogP contribution in [-0.4, -0.2) is 34.1 Å². The van der Waals surface area contributed by atoms with Gasteiger partial charge in [0.1, 0.15) is 0 Å². The number of amides is 3. The summed E-state index contributed by atoms with van der Waals surface area (Å²) in [4.78, 5) is 47.4. The number of ether oxygens (including phenoxy) is 1. The van der Waals surface area contributed by atoms with Crippen molar-refractivity contribution < 1.29 is 23.5 Å². The molecule has 0 unspecified atom stereocenters. The number of aryl methyl sites for hydroxylation is 1. The number of carbonyl (C=O) groups is 3. The van der Waals surface area contributed by atoms with Gasteiger partial charge in [-0.15, -0.1) is 0 Å². The Kier molecular flexibility index (Phi) is 6.04. The number of carbonyl (C=O) groups excluding carboxylic acids is 3. The zero-order valence-electron chi connectivity index (χ0n) is 15.7. The van der Waals surface area contributed by atoms with Gasteiger partial charge < -0.3 is 14.5 Å². The number of urea groups is 1. The first-order chi connectivity index (χ1) is 12.6. The van der Waals surface area contributed by atoms with E-state index >= 15 is 0 Å². The van der Waals surface area contributed by atoms with E-state index in [1.165, 1.54) is 11.5 Å². The molecule has 1 heterocycles. The van der Waals surface area contributed by atoms with Crippen LogP contribution in [0.2, 0.25) is 0 Å². The molecular formula is C18H23N3O6. The highest BCUT2D eigenvalue weighted by Crippen LogP contribution is 2.12. The van der Waals surface area contributed by atoms with E-state index < -0.39 is 35.3 Å². The molecule has 1 aromatic heterocycles. The number of esters is 1. The third-order valence-corrected chi connectivity index (χ3v) is 3.52. The van der Waals surface area contributed by atoms with Crippen molar-refractivity contribution in [1.82, 2.24) is 15.2 Å². The van der Waals surface area contributed by atoms with Crippen molar-refractivity contribution in [3.05, 3.63) is 34.8 Å². The molecule has 0 radical (unpaired) electrons. The van der Waals surface area contributed by atoms with Crippen molar-refractivity contribution in [3.63, 3.8) is 0 Å². The van der Waals surface area contributed by atoms with Crippen LogP contribution in [0.3, 0.4) is 0 Å². The molecule has 9 heteroatoms. The molecule has 0 saturated heterocycles. The minimum Gasteiger partial charge on any atom is -0.452 e. The van der Waals surface area contributed by atoms with Gasteiger partial charge in [0, 0.05) is 12.1 Å². The normalized spacial score (nSPS) is 12.4. The van der Waals surface area contributed by atoms with Crippen LogP contribution in [0.5, 0.6) is 0 Å². The number of oxazole rings is 1. The van der Waals surface area contributed by atoms with E-state index in [1.54, 1.807) is 45.0 Å². The Morgan fingerprint density at radius 3 is 2.56 bits per heavy atom. The Balaban J connectivity index is 1.87. The lowest BCUT2D eigenvalue weighted by atomic mass is 10.1. The third kappa shape index (κ3) is 5.70. The number of fused-ring (bicyclic) bond motifs is 1. The summed E-state index contributed by atoms with van der Waals surface area (Å²) in [5, 5.41) is 4.67. The summed E-state index contributed by atoms with van der Waals surface area (Å²) >= 11 is 0. The lowest BCUT2D eigenvalue weighted by molar-refractivity contribution is -0.154. The summed E-state index contributed by atoms with van der Waals surface area (Å²) in [6, 6.07) is 6.17. The highest BCUT2D eigenvalue weighted by atomic mass is 16.5. The maximum Gasteiger partial charge on any atom is 0.419 e. The SMILES string of the molecule is C[C@@H](OC(=O)CCn1c(=O)oc2ccccc21)C(=O)NC(=O)NC(C)(C)C. The molecule has 1 atom stereocenters. The first-order valence-electron chi connectivity index (χ1n) is 8.47. The van der Waals surface area contributed by atoms with Crippen LogP contribution >= 0.6 is 0 Å². The van der Waals surface area contributed by atoms with E-state index in [2.05, 4.69) is 10.6 Å². The van der Waals surface area contributed by atoms with Gasteiger partial charge in [-0.1, -0.05) is 12.1 Å². The van der Waals surface area contributed by atoms with Crippen LogP contribution in [0, 0.1) is 0 Å². The Bertz CT molecular complexity index is 906. The second-order valence-electron chi connectivity index (χ2n) is 7.06. The van der Waals surface area contributed by atoms with Crippen LogP contribution in [0.25, 0.3) is 11.1 Å².